The summed E-state index contributed by atoms with van der Waals surface area (Å²) in [5, 5.41) is 15.7. The molecule has 0 spiro atoms. The summed E-state index contributed by atoms with van der Waals surface area (Å²) in [7, 11) is -4.04. The van der Waals surface area contributed by atoms with E-state index in [1.165, 1.54) is 6.92 Å². The van der Waals surface area contributed by atoms with Gasteiger partial charge in [0, 0.05) is 18.2 Å². The highest BCUT2D eigenvalue weighted by Gasteiger charge is 2.54. The van der Waals surface area contributed by atoms with Crippen molar-refractivity contribution in [2.24, 2.45) is 5.14 Å². The average molecular weight is 393 g/mol. The second-order valence-electron chi connectivity index (χ2n) is 5.30. The highest BCUT2D eigenvalue weighted by atomic mass is 32.2. The Balaban J connectivity index is 2.14. The van der Waals surface area contributed by atoms with Crippen LogP contribution in [0.2, 0.25) is 0 Å². The van der Waals surface area contributed by atoms with Gasteiger partial charge in [0.05, 0.1) is 0 Å². The third kappa shape index (κ3) is 4.29. The van der Waals surface area contributed by atoms with Crippen molar-refractivity contribution in [2.75, 3.05) is 18.1 Å². The van der Waals surface area contributed by atoms with Gasteiger partial charge in [-0.15, -0.1) is 11.8 Å². The summed E-state index contributed by atoms with van der Waals surface area (Å²) >= 11 is 1.16. The number of fused-ring (bicyclic) bond motifs is 1. The fourth-order valence-corrected chi connectivity index (χ4v) is 4.16. The van der Waals surface area contributed by atoms with E-state index in [1.807, 2.05) is 0 Å². The predicted octanol–water partition coefficient (Wildman–Crippen LogP) is -2.42. The van der Waals surface area contributed by atoms with E-state index in [9.17, 15) is 32.7 Å². The summed E-state index contributed by atoms with van der Waals surface area (Å²) < 4.78 is 26.6. The maximum Gasteiger partial charge on any atom is 0.352 e. The van der Waals surface area contributed by atoms with Crippen LogP contribution >= 0.6 is 11.8 Å². The van der Waals surface area contributed by atoms with Gasteiger partial charge in [-0.1, -0.05) is 0 Å². The van der Waals surface area contributed by atoms with Gasteiger partial charge < -0.3 is 15.2 Å². The molecule has 2 amide bonds. The van der Waals surface area contributed by atoms with Gasteiger partial charge in [-0.3, -0.25) is 19.3 Å². The minimum absolute atomic E-state index is 0.172. The summed E-state index contributed by atoms with van der Waals surface area (Å²) in [5.74, 6) is -4.41. The van der Waals surface area contributed by atoms with Crippen molar-refractivity contribution in [1.29, 1.82) is 0 Å². The zero-order chi connectivity index (χ0) is 18.9. The Labute approximate surface area is 146 Å². The van der Waals surface area contributed by atoms with Crippen LogP contribution in [0.5, 0.6) is 0 Å². The highest BCUT2D eigenvalue weighted by molar-refractivity contribution is 8.00. The van der Waals surface area contributed by atoms with Crippen molar-refractivity contribution in [2.45, 2.75) is 18.3 Å². The molecular weight excluding hydrogens is 378 g/mol. The van der Waals surface area contributed by atoms with Gasteiger partial charge in [0.15, 0.2) is 0 Å². The van der Waals surface area contributed by atoms with E-state index in [-0.39, 0.29) is 23.6 Å². The lowest BCUT2D eigenvalue weighted by atomic mass is 10.0. The number of carbonyl (C=O) groups is 4. The van der Waals surface area contributed by atoms with Crippen LogP contribution in [0.3, 0.4) is 0 Å². The number of carbonyl (C=O) groups excluding carboxylic acids is 3. The number of thioether (sulfide) groups is 1. The van der Waals surface area contributed by atoms with E-state index in [0.717, 1.165) is 16.7 Å². The lowest BCUT2D eigenvalue weighted by Gasteiger charge is -2.49. The van der Waals surface area contributed by atoms with Crippen molar-refractivity contribution >= 4 is 45.5 Å². The van der Waals surface area contributed by atoms with E-state index in [1.54, 1.807) is 0 Å². The number of carboxylic acids is 1. The standard InChI is InChI=1S/C12H15N3O8S2/c1-5(16)23-2-6-3-24-11-8(14-7(17)4-25(13,21)22)10(18)15(11)9(6)12(19)20/h8,11H,2-4H2,1H3,(H,14,17)(H,19,20)(H2,13,21,22)/t8-,11-/m1/s1. The Bertz CT molecular complexity index is 775. The molecule has 2 rings (SSSR count). The number of hydrogen-bond donors (Lipinski definition) is 3. The first-order valence-electron chi connectivity index (χ1n) is 6.84. The second kappa shape index (κ2) is 7.01. The number of β-lactam (4-membered cyclic amide) rings is 1. The number of rotatable bonds is 6. The second-order valence-corrected chi connectivity index (χ2v) is 8.02. The maximum atomic E-state index is 12.2. The normalized spacial score (nSPS) is 22.8. The van der Waals surface area contributed by atoms with E-state index in [4.69, 9.17) is 9.88 Å². The molecule has 0 radical (unpaired) electrons. The number of nitrogens with zero attached hydrogens (tertiary/aromatic N) is 1. The van der Waals surface area contributed by atoms with Crippen molar-refractivity contribution < 1.29 is 37.4 Å². The molecule has 0 aromatic carbocycles. The number of primary sulfonamides is 1. The zero-order valence-corrected chi connectivity index (χ0v) is 14.6. The SMILES string of the molecule is CC(=O)OCC1=C(C(=O)O)N2C(=O)[C@@H](NC(=O)CS(N)(=O)=O)[C@H]2SC1. The smallest absolute Gasteiger partial charge is 0.352 e. The van der Waals surface area contributed by atoms with E-state index in [2.05, 4.69) is 5.32 Å². The molecule has 25 heavy (non-hydrogen) atoms. The predicted molar refractivity (Wildman–Crippen MR) is 84.3 cm³/mol. The molecule has 2 aliphatic rings. The molecule has 0 aromatic rings. The lowest BCUT2D eigenvalue weighted by molar-refractivity contribution is -0.150. The third-order valence-corrected chi connectivity index (χ3v) is 5.35. The molecule has 1 fully saturated rings. The van der Waals surface area contributed by atoms with Gasteiger partial charge in [0.1, 0.15) is 29.5 Å². The molecule has 0 aliphatic carbocycles. The molecule has 11 nitrogen and oxygen atoms in total. The van der Waals surface area contributed by atoms with Crippen LogP contribution in [0.4, 0.5) is 0 Å². The van der Waals surface area contributed by atoms with Gasteiger partial charge in [-0.2, -0.15) is 0 Å². The summed E-state index contributed by atoms with van der Waals surface area (Å²) in [5.41, 5.74) is -0.0430. The molecule has 13 heteroatoms. The topological polar surface area (TPSA) is 173 Å². The summed E-state index contributed by atoms with van der Waals surface area (Å²) in [6, 6.07) is -1.05. The van der Waals surface area contributed by atoms with Crippen LogP contribution in [-0.4, -0.2) is 71.7 Å². The Morgan fingerprint density at radius 3 is 2.60 bits per heavy atom. The summed E-state index contributed by atoms with van der Waals surface area (Å²) in [4.78, 5) is 47.2. The van der Waals surface area contributed by atoms with Crippen molar-refractivity contribution in [3.05, 3.63) is 11.3 Å². The number of sulfonamides is 1. The van der Waals surface area contributed by atoms with Crippen LogP contribution in [0.15, 0.2) is 11.3 Å². The molecule has 2 aliphatic heterocycles. The maximum absolute atomic E-state index is 12.2. The fourth-order valence-electron chi connectivity index (χ4n) is 2.38. The van der Waals surface area contributed by atoms with Crippen LogP contribution in [-0.2, 0) is 33.9 Å². The summed E-state index contributed by atoms with van der Waals surface area (Å²) in [6.45, 7) is 0.911. The lowest BCUT2D eigenvalue weighted by Crippen LogP contribution is -2.71. The van der Waals surface area contributed by atoms with E-state index in [0.29, 0.717) is 0 Å². The Morgan fingerprint density at radius 2 is 2.08 bits per heavy atom. The molecule has 0 saturated carbocycles. The first-order valence-corrected chi connectivity index (χ1v) is 9.61. The van der Waals surface area contributed by atoms with Gasteiger partial charge >= 0.3 is 11.9 Å². The number of nitrogens with two attached hydrogens (primary N) is 1. The molecule has 0 aromatic heterocycles. The minimum Gasteiger partial charge on any atom is -0.477 e. The minimum atomic E-state index is -4.04. The van der Waals surface area contributed by atoms with Gasteiger partial charge in [0.2, 0.25) is 15.9 Å². The highest BCUT2D eigenvalue weighted by Crippen LogP contribution is 2.40. The van der Waals surface area contributed by atoms with Crippen molar-refractivity contribution in [3.63, 3.8) is 0 Å². The zero-order valence-electron chi connectivity index (χ0n) is 12.9. The fraction of sp³-hybridized carbons (Fsp3) is 0.500. The van der Waals surface area contributed by atoms with Crippen LogP contribution in [0.1, 0.15) is 6.92 Å². The van der Waals surface area contributed by atoms with Gasteiger partial charge in [-0.25, -0.2) is 18.4 Å². The Kier molecular flexibility index (Phi) is 5.39. The van der Waals surface area contributed by atoms with Crippen LogP contribution in [0, 0.1) is 0 Å². The number of hydrogen-bond acceptors (Lipinski definition) is 8. The first kappa shape index (κ1) is 19.2. The molecule has 138 valence electrons. The molecular formula is C12H15N3O8S2. The molecule has 0 bridgehead atoms. The Hall–Kier alpha value is -2.12. The number of amides is 2. The van der Waals surface area contributed by atoms with Crippen LogP contribution < -0.4 is 10.5 Å². The number of nitrogens with one attached hydrogen (secondary N) is 1. The molecule has 2 atom stereocenters. The average Bonchev–Trinajstić information content (AvgIpc) is 2.47. The van der Waals surface area contributed by atoms with E-state index >= 15 is 0 Å². The molecule has 1 saturated heterocycles. The number of esters is 1. The molecule has 2 heterocycles. The number of aliphatic carboxylic acids is 1. The number of carboxylic acid groups (broad SMARTS) is 1. The first-order chi connectivity index (χ1) is 11.5. The summed E-state index contributed by atoms with van der Waals surface area (Å²) in [6.07, 6.45) is 0. The largest absolute Gasteiger partial charge is 0.477 e. The third-order valence-electron chi connectivity index (χ3n) is 3.35. The van der Waals surface area contributed by atoms with Gasteiger partial charge in [-0.05, 0) is 0 Å². The molecule has 0 unspecified atom stereocenters. The van der Waals surface area contributed by atoms with Crippen LogP contribution in [0.25, 0.3) is 0 Å². The van der Waals surface area contributed by atoms with Gasteiger partial charge in [0.25, 0.3) is 5.91 Å². The van der Waals surface area contributed by atoms with Crippen molar-refractivity contribution in [1.82, 2.24) is 10.2 Å². The molecule has 4 N–H and O–H groups in total. The monoisotopic (exact) mass is 393 g/mol. The Morgan fingerprint density at radius 1 is 1.44 bits per heavy atom. The number of ether oxygens (including phenoxy) is 1. The van der Waals surface area contributed by atoms with E-state index < -0.39 is 50.9 Å². The van der Waals surface area contributed by atoms with Crippen molar-refractivity contribution in [3.8, 4) is 0 Å². The quantitative estimate of drug-likeness (QED) is 0.328.